The van der Waals surface area contributed by atoms with Gasteiger partial charge in [-0.15, -0.1) is 11.3 Å². The summed E-state index contributed by atoms with van der Waals surface area (Å²) in [7, 11) is 0. The fourth-order valence-electron chi connectivity index (χ4n) is 1.72. The van der Waals surface area contributed by atoms with Crippen LogP contribution in [0.25, 0.3) is 10.6 Å². The first-order valence-electron chi connectivity index (χ1n) is 6.34. The van der Waals surface area contributed by atoms with Crippen molar-refractivity contribution in [2.75, 3.05) is 6.54 Å². The molecule has 5 heteroatoms. The first kappa shape index (κ1) is 13.7. The van der Waals surface area contributed by atoms with Crippen LogP contribution in [-0.4, -0.2) is 22.4 Å². The number of pyridine rings is 1. The summed E-state index contributed by atoms with van der Waals surface area (Å²) >= 11 is 1.68. The molecule has 2 rings (SSSR count). The van der Waals surface area contributed by atoms with Gasteiger partial charge in [0, 0.05) is 42.2 Å². The fourth-order valence-corrected chi connectivity index (χ4v) is 2.79. The lowest BCUT2D eigenvalue weighted by Crippen LogP contribution is -2.24. The van der Waals surface area contributed by atoms with Gasteiger partial charge < -0.3 is 5.32 Å². The molecule has 1 N–H and O–H groups in total. The van der Waals surface area contributed by atoms with Gasteiger partial charge in [0.1, 0.15) is 5.01 Å². The molecule has 2 heterocycles. The number of aromatic nitrogens is 2. The molecule has 0 fully saturated rings. The number of thiazole rings is 1. The molecule has 4 nitrogen and oxygen atoms in total. The molecule has 0 radical (unpaired) electrons. The van der Waals surface area contributed by atoms with E-state index >= 15 is 0 Å². The van der Waals surface area contributed by atoms with E-state index in [1.54, 1.807) is 23.7 Å². The number of carbonyl (C=O) groups is 1. The van der Waals surface area contributed by atoms with Crippen molar-refractivity contribution in [3.63, 3.8) is 0 Å². The third-order valence-corrected chi connectivity index (χ3v) is 4.08. The Hall–Kier alpha value is -1.75. The molecule has 19 heavy (non-hydrogen) atoms. The predicted octanol–water partition coefficient (Wildman–Crippen LogP) is 2.58. The Balaban J connectivity index is 2.03. The van der Waals surface area contributed by atoms with Gasteiger partial charge in [-0.05, 0) is 19.1 Å². The lowest BCUT2D eigenvalue weighted by Gasteiger charge is -2.01. The van der Waals surface area contributed by atoms with Gasteiger partial charge in [0.25, 0.3) is 0 Å². The SMILES string of the molecule is CCC(=O)NCCc1sc(-c2ccncc2)nc1C. The van der Waals surface area contributed by atoms with Crippen molar-refractivity contribution in [1.29, 1.82) is 0 Å². The monoisotopic (exact) mass is 275 g/mol. The number of aryl methyl sites for hydroxylation is 1. The molecule has 0 atom stereocenters. The highest BCUT2D eigenvalue weighted by atomic mass is 32.1. The van der Waals surface area contributed by atoms with Gasteiger partial charge in [-0.25, -0.2) is 4.98 Å². The van der Waals surface area contributed by atoms with Crippen LogP contribution in [0.1, 0.15) is 23.9 Å². The van der Waals surface area contributed by atoms with Crippen molar-refractivity contribution in [1.82, 2.24) is 15.3 Å². The number of hydrogen-bond donors (Lipinski definition) is 1. The van der Waals surface area contributed by atoms with Crippen molar-refractivity contribution in [3.8, 4) is 10.6 Å². The largest absolute Gasteiger partial charge is 0.356 e. The second kappa shape index (κ2) is 6.43. The summed E-state index contributed by atoms with van der Waals surface area (Å²) in [5.74, 6) is 0.0940. The van der Waals surface area contributed by atoms with E-state index in [2.05, 4.69) is 15.3 Å². The summed E-state index contributed by atoms with van der Waals surface area (Å²) < 4.78 is 0. The normalized spacial score (nSPS) is 10.4. The molecule has 2 aromatic rings. The predicted molar refractivity (Wildman–Crippen MR) is 77.1 cm³/mol. The molecular weight excluding hydrogens is 258 g/mol. The van der Waals surface area contributed by atoms with Gasteiger partial charge in [0.2, 0.25) is 5.91 Å². The summed E-state index contributed by atoms with van der Waals surface area (Å²) in [6.07, 6.45) is 4.91. The van der Waals surface area contributed by atoms with Crippen LogP contribution in [0.15, 0.2) is 24.5 Å². The zero-order valence-corrected chi connectivity index (χ0v) is 12.0. The Kier molecular flexibility index (Phi) is 4.63. The fraction of sp³-hybridized carbons (Fsp3) is 0.357. The molecule has 0 aliphatic rings. The van der Waals surface area contributed by atoms with Gasteiger partial charge in [-0.1, -0.05) is 6.92 Å². The molecule has 0 bridgehead atoms. The van der Waals surface area contributed by atoms with Crippen molar-refractivity contribution < 1.29 is 4.79 Å². The van der Waals surface area contributed by atoms with Crippen LogP contribution in [0.3, 0.4) is 0 Å². The first-order chi connectivity index (χ1) is 9.20. The minimum atomic E-state index is 0.0940. The summed E-state index contributed by atoms with van der Waals surface area (Å²) in [6, 6.07) is 3.92. The molecule has 0 saturated carbocycles. The third kappa shape index (κ3) is 3.61. The van der Waals surface area contributed by atoms with E-state index in [9.17, 15) is 4.79 Å². The number of nitrogens with one attached hydrogen (secondary N) is 1. The lowest BCUT2D eigenvalue weighted by atomic mass is 10.3. The summed E-state index contributed by atoms with van der Waals surface area (Å²) in [5, 5.41) is 3.90. The summed E-state index contributed by atoms with van der Waals surface area (Å²) in [6.45, 7) is 4.54. The minimum absolute atomic E-state index is 0.0940. The van der Waals surface area contributed by atoms with Crippen LogP contribution in [0.5, 0.6) is 0 Å². The van der Waals surface area contributed by atoms with Crippen LogP contribution >= 0.6 is 11.3 Å². The first-order valence-corrected chi connectivity index (χ1v) is 7.15. The van der Waals surface area contributed by atoms with E-state index in [1.807, 2.05) is 26.0 Å². The smallest absolute Gasteiger partial charge is 0.219 e. The van der Waals surface area contributed by atoms with Crippen molar-refractivity contribution >= 4 is 17.2 Å². The average Bonchev–Trinajstić information content (AvgIpc) is 2.81. The highest BCUT2D eigenvalue weighted by Crippen LogP contribution is 2.27. The molecule has 0 aromatic carbocycles. The van der Waals surface area contributed by atoms with E-state index in [0.29, 0.717) is 13.0 Å². The second-order valence-corrected chi connectivity index (χ2v) is 5.30. The number of nitrogens with zero attached hydrogens (tertiary/aromatic N) is 2. The van der Waals surface area contributed by atoms with Gasteiger partial charge in [-0.2, -0.15) is 0 Å². The third-order valence-electron chi connectivity index (χ3n) is 2.82. The molecule has 0 saturated heterocycles. The van der Waals surface area contributed by atoms with Gasteiger partial charge in [-0.3, -0.25) is 9.78 Å². The van der Waals surface area contributed by atoms with E-state index in [4.69, 9.17) is 0 Å². The van der Waals surface area contributed by atoms with Crippen LogP contribution in [0, 0.1) is 6.92 Å². The highest BCUT2D eigenvalue weighted by Gasteiger charge is 2.09. The van der Waals surface area contributed by atoms with Crippen LogP contribution in [0.4, 0.5) is 0 Å². The Morgan fingerprint density at radius 1 is 1.37 bits per heavy atom. The van der Waals surface area contributed by atoms with Crippen LogP contribution in [-0.2, 0) is 11.2 Å². The van der Waals surface area contributed by atoms with Crippen molar-refractivity contribution in [3.05, 3.63) is 35.1 Å². The molecule has 0 aliphatic carbocycles. The van der Waals surface area contributed by atoms with Crippen molar-refractivity contribution in [2.45, 2.75) is 26.7 Å². The van der Waals surface area contributed by atoms with Gasteiger partial charge >= 0.3 is 0 Å². The van der Waals surface area contributed by atoms with E-state index in [-0.39, 0.29) is 5.91 Å². The van der Waals surface area contributed by atoms with E-state index in [1.165, 1.54) is 4.88 Å². The number of rotatable bonds is 5. The number of amides is 1. The van der Waals surface area contributed by atoms with Crippen LogP contribution < -0.4 is 5.32 Å². The van der Waals surface area contributed by atoms with E-state index in [0.717, 1.165) is 22.7 Å². The number of hydrogen-bond acceptors (Lipinski definition) is 4. The van der Waals surface area contributed by atoms with Crippen molar-refractivity contribution in [2.24, 2.45) is 0 Å². The van der Waals surface area contributed by atoms with E-state index < -0.39 is 0 Å². The highest BCUT2D eigenvalue weighted by molar-refractivity contribution is 7.15. The quantitative estimate of drug-likeness (QED) is 0.912. The number of carbonyl (C=O) groups excluding carboxylic acids is 1. The molecule has 100 valence electrons. The molecule has 0 aliphatic heterocycles. The summed E-state index contributed by atoms with van der Waals surface area (Å²) in [5.41, 5.74) is 2.13. The molecular formula is C14H17N3OS. The van der Waals surface area contributed by atoms with Crippen LogP contribution in [0.2, 0.25) is 0 Å². The molecule has 2 aromatic heterocycles. The Bertz CT molecular complexity index is 551. The Labute approximate surface area is 116 Å². The Morgan fingerprint density at radius 3 is 2.79 bits per heavy atom. The zero-order valence-electron chi connectivity index (χ0n) is 11.1. The Morgan fingerprint density at radius 2 is 2.11 bits per heavy atom. The van der Waals surface area contributed by atoms with Gasteiger partial charge in [0.15, 0.2) is 0 Å². The molecule has 1 amide bonds. The zero-order chi connectivity index (χ0) is 13.7. The molecule has 0 spiro atoms. The average molecular weight is 275 g/mol. The topological polar surface area (TPSA) is 54.9 Å². The van der Waals surface area contributed by atoms with Gasteiger partial charge in [0.05, 0.1) is 5.69 Å². The standard InChI is InChI=1S/C14H17N3OS/c1-3-13(18)16-9-6-12-10(2)17-14(19-12)11-4-7-15-8-5-11/h4-5,7-8H,3,6,9H2,1-2H3,(H,16,18). The maximum Gasteiger partial charge on any atom is 0.219 e. The lowest BCUT2D eigenvalue weighted by molar-refractivity contribution is -0.120. The second-order valence-electron chi connectivity index (χ2n) is 4.22. The maximum absolute atomic E-state index is 11.2. The maximum atomic E-state index is 11.2. The minimum Gasteiger partial charge on any atom is -0.356 e. The molecule has 0 unspecified atom stereocenters. The summed E-state index contributed by atoms with van der Waals surface area (Å²) in [4.78, 5) is 21.0.